The number of aliphatic hydroxyl groups excluding tert-OH is 1. The number of thioether (sulfide) groups is 1. The zero-order chi connectivity index (χ0) is 11.6. The van der Waals surface area contributed by atoms with Gasteiger partial charge in [0.05, 0.1) is 11.5 Å². The lowest BCUT2D eigenvalue weighted by molar-refractivity contribution is -0.175. The first-order valence-electron chi connectivity index (χ1n) is 5.41. The van der Waals surface area contributed by atoms with Gasteiger partial charge in [0.2, 0.25) is 5.91 Å². The first-order chi connectivity index (χ1) is 6.73. The Balaban J connectivity index is 2.31. The van der Waals surface area contributed by atoms with Gasteiger partial charge < -0.3 is 10.0 Å². The van der Waals surface area contributed by atoms with Crippen LogP contribution in [0, 0.1) is 5.41 Å². The maximum Gasteiger partial charge on any atom is 0.235 e. The van der Waals surface area contributed by atoms with Crippen molar-refractivity contribution in [2.75, 3.05) is 0 Å². The van der Waals surface area contributed by atoms with Gasteiger partial charge in [-0.25, -0.2) is 0 Å². The molecule has 2 fully saturated rings. The van der Waals surface area contributed by atoms with Gasteiger partial charge in [-0.2, -0.15) is 0 Å². The number of hydrogen-bond acceptors (Lipinski definition) is 3. The normalized spacial score (nSPS) is 44.9. The van der Waals surface area contributed by atoms with E-state index in [4.69, 9.17) is 0 Å². The number of amides is 1. The molecule has 0 radical (unpaired) electrons. The molecule has 86 valence electrons. The molecule has 1 amide bonds. The molecule has 0 aromatic heterocycles. The standard InChI is InChI=1S/C11H19NO2S/c1-6-10(3,4)15-9-11(5,7(2)13)8(14)12(6)9/h6-7,9,13H,1-5H3/t6-,7+,9+,11+/m0/s1. The van der Waals surface area contributed by atoms with E-state index in [1.807, 2.05) is 23.6 Å². The van der Waals surface area contributed by atoms with Crippen LogP contribution < -0.4 is 0 Å². The van der Waals surface area contributed by atoms with Crippen LogP contribution in [0.1, 0.15) is 34.6 Å². The third kappa shape index (κ3) is 1.15. The van der Waals surface area contributed by atoms with Gasteiger partial charge in [-0.1, -0.05) is 0 Å². The van der Waals surface area contributed by atoms with Crippen LogP contribution in [0.15, 0.2) is 0 Å². The molecule has 2 heterocycles. The average Bonchev–Trinajstić information content (AvgIpc) is 2.35. The highest BCUT2D eigenvalue weighted by molar-refractivity contribution is 8.01. The molecule has 3 nitrogen and oxygen atoms in total. The Bertz CT molecular complexity index is 316. The molecule has 4 heteroatoms. The lowest BCUT2D eigenvalue weighted by atomic mass is 9.74. The van der Waals surface area contributed by atoms with Crippen molar-refractivity contribution in [1.82, 2.24) is 4.90 Å². The van der Waals surface area contributed by atoms with Crippen molar-refractivity contribution in [2.45, 2.75) is 56.9 Å². The first kappa shape index (κ1) is 11.3. The number of fused-ring (bicyclic) bond motifs is 1. The van der Waals surface area contributed by atoms with Crippen molar-refractivity contribution in [3.8, 4) is 0 Å². The molecule has 2 aliphatic heterocycles. The maximum absolute atomic E-state index is 12.1. The number of β-lactam (4-membered cyclic amide) rings is 1. The molecule has 0 aromatic rings. The fourth-order valence-electron chi connectivity index (χ4n) is 2.38. The van der Waals surface area contributed by atoms with Gasteiger partial charge in [-0.05, 0) is 34.6 Å². The quantitative estimate of drug-likeness (QED) is 0.692. The van der Waals surface area contributed by atoms with Crippen molar-refractivity contribution in [2.24, 2.45) is 5.41 Å². The minimum absolute atomic E-state index is 0.0903. The Morgan fingerprint density at radius 3 is 2.47 bits per heavy atom. The third-order valence-corrected chi connectivity index (χ3v) is 6.06. The minimum Gasteiger partial charge on any atom is -0.392 e. The van der Waals surface area contributed by atoms with E-state index < -0.39 is 11.5 Å². The zero-order valence-electron chi connectivity index (χ0n) is 9.94. The van der Waals surface area contributed by atoms with Crippen LogP contribution in [-0.2, 0) is 4.79 Å². The van der Waals surface area contributed by atoms with Crippen molar-refractivity contribution in [3.05, 3.63) is 0 Å². The molecule has 0 aliphatic carbocycles. The SMILES string of the molecule is C[C@@H]1N2C(=O)[C@@](C)([C@@H](C)O)[C@H]2SC1(C)C. The number of nitrogens with zero attached hydrogens (tertiary/aromatic N) is 1. The summed E-state index contributed by atoms with van der Waals surface area (Å²) in [6.07, 6.45) is -0.570. The molecule has 0 spiro atoms. The van der Waals surface area contributed by atoms with Gasteiger partial charge in [0.15, 0.2) is 0 Å². The molecule has 1 N–H and O–H groups in total. The highest BCUT2D eigenvalue weighted by Crippen LogP contribution is 2.59. The van der Waals surface area contributed by atoms with Crippen molar-refractivity contribution in [1.29, 1.82) is 0 Å². The largest absolute Gasteiger partial charge is 0.392 e. The van der Waals surface area contributed by atoms with Gasteiger partial charge in [-0.3, -0.25) is 4.79 Å². The summed E-state index contributed by atoms with van der Waals surface area (Å²) in [6.45, 7) is 10.0. The summed E-state index contributed by atoms with van der Waals surface area (Å²) in [5.41, 5.74) is -0.577. The molecule has 2 saturated heterocycles. The van der Waals surface area contributed by atoms with Gasteiger partial charge in [-0.15, -0.1) is 11.8 Å². The molecule has 15 heavy (non-hydrogen) atoms. The van der Waals surface area contributed by atoms with E-state index >= 15 is 0 Å². The second-order valence-corrected chi connectivity index (χ2v) is 7.16. The predicted octanol–water partition coefficient (Wildman–Crippen LogP) is 1.46. The van der Waals surface area contributed by atoms with Crippen LogP contribution >= 0.6 is 11.8 Å². The fraction of sp³-hybridized carbons (Fsp3) is 0.909. The maximum atomic E-state index is 12.1. The molecular weight excluding hydrogens is 210 g/mol. The van der Waals surface area contributed by atoms with Crippen LogP contribution in [0.4, 0.5) is 0 Å². The average molecular weight is 229 g/mol. The molecule has 2 aliphatic rings. The summed E-state index contributed by atoms with van der Waals surface area (Å²) in [5, 5.41) is 9.89. The fourth-order valence-corrected chi connectivity index (χ4v) is 4.20. The number of hydrogen-bond donors (Lipinski definition) is 1. The zero-order valence-corrected chi connectivity index (χ0v) is 10.8. The first-order valence-corrected chi connectivity index (χ1v) is 6.29. The predicted molar refractivity (Wildman–Crippen MR) is 61.6 cm³/mol. The molecule has 4 atom stereocenters. The second-order valence-electron chi connectivity index (χ2n) is 5.42. The van der Waals surface area contributed by atoms with Crippen molar-refractivity contribution < 1.29 is 9.90 Å². The Morgan fingerprint density at radius 2 is 2.00 bits per heavy atom. The van der Waals surface area contributed by atoms with Crippen molar-refractivity contribution >= 4 is 17.7 Å². The smallest absolute Gasteiger partial charge is 0.235 e. The van der Waals surface area contributed by atoms with E-state index in [2.05, 4.69) is 20.8 Å². The molecular formula is C11H19NO2S. The van der Waals surface area contributed by atoms with Gasteiger partial charge in [0.1, 0.15) is 5.41 Å². The monoisotopic (exact) mass is 229 g/mol. The summed E-state index contributed by atoms with van der Waals surface area (Å²) < 4.78 is 0.0903. The van der Waals surface area contributed by atoms with E-state index in [-0.39, 0.29) is 22.1 Å². The number of carbonyl (C=O) groups excluding carboxylic acids is 1. The summed E-state index contributed by atoms with van der Waals surface area (Å²) in [6, 6.07) is 0.256. The Labute approximate surface area is 95.2 Å². The molecule has 0 saturated carbocycles. The summed E-state index contributed by atoms with van der Waals surface area (Å²) in [4.78, 5) is 14.0. The van der Waals surface area contributed by atoms with E-state index in [0.717, 1.165) is 0 Å². The number of aliphatic hydroxyl groups is 1. The van der Waals surface area contributed by atoms with Crippen LogP contribution in [0.25, 0.3) is 0 Å². The lowest BCUT2D eigenvalue weighted by Gasteiger charge is -2.53. The highest BCUT2D eigenvalue weighted by atomic mass is 32.2. The van der Waals surface area contributed by atoms with Crippen LogP contribution in [-0.4, -0.2) is 38.2 Å². The van der Waals surface area contributed by atoms with E-state index in [0.29, 0.717) is 0 Å². The molecule has 0 unspecified atom stereocenters. The Morgan fingerprint density at radius 1 is 1.47 bits per heavy atom. The summed E-state index contributed by atoms with van der Waals surface area (Å²) in [7, 11) is 0. The van der Waals surface area contributed by atoms with E-state index in [9.17, 15) is 9.90 Å². The van der Waals surface area contributed by atoms with E-state index in [1.54, 1.807) is 6.92 Å². The van der Waals surface area contributed by atoms with Crippen molar-refractivity contribution in [3.63, 3.8) is 0 Å². The summed E-state index contributed by atoms with van der Waals surface area (Å²) >= 11 is 1.81. The van der Waals surface area contributed by atoms with Gasteiger partial charge in [0.25, 0.3) is 0 Å². The minimum atomic E-state index is -0.577. The number of rotatable bonds is 1. The molecule has 0 bridgehead atoms. The van der Waals surface area contributed by atoms with Crippen LogP contribution in [0.5, 0.6) is 0 Å². The van der Waals surface area contributed by atoms with Gasteiger partial charge >= 0.3 is 0 Å². The lowest BCUT2D eigenvalue weighted by Crippen LogP contribution is -2.69. The third-order valence-electron chi connectivity index (χ3n) is 4.17. The molecule has 0 aromatic carbocycles. The topological polar surface area (TPSA) is 40.5 Å². The highest BCUT2D eigenvalue weighted by Gasteiger charge is 2.67. The van der Waals surface area contributed by atoms with Crippen LogP contribution in [0.2, 0.25) is 0 Å². The Hall–Kier alpha value is -0.220. The van der Waals surface area contributed by atoms with Crippen LogP contribution in [0.3, 0.4) is 0 Å². The number of carbonyl (C=O) groups is 1. The second kappa shape index (κ2) is 2.92. The summed E-state index contributed by atoms with van der Waals surface area (Å²) in [5.74, 6) is 0.105. The Kier molecular flexibility index (Phi) is 2.19. The van der Waals surface area contributed by atoms with Gasteiger partial charge in [0, 0.05) is 10.8 Å². The molecule has 2 rings (SSSR count). The van der Waals surface area contributed by atoms with E-state index in [1.165, 1.54) is 0 Å².